The molecule has 0 bridgehead atoms. The van der Waals surface area contributed by atoms with Crippen molar-refractivity contribution in [3.8, 4) is 0 Å². The summed E-state index contributed by atoms with van der Waals surface area (Å²) in [7, 11) is 1.58. The van der Waals surface area contributed by atoms with Gasteiger partial charge < -0.3 is 16.0 Å². The second-order valence-corrected chi connectivity index (χ2v) is 3.83. The van der Waals surface area contributed by atoms with E-state index in [2.05, 4.69) is 15.3 Å². The molecule has 1 aromatic heterocycles. The van der Waals surface area contributed by atoms with Crippen LogP contribution in [0.1, 0.15) is 6.42 Å². The number of nitrogens with one attached hydrogen (secondary N) is 2. The van der Waals surface area contributed by atoms with Crippen molar-refractivity contribution in [3.05, 3.63) is 16.4 Å². The molecular weight excluding hydrogens is 216 g/mol. The molecule has 0 fully saturated rings. The maximum Gasteiger partial charge on any atom is 0.253 e. The van der Waals surface area contributed by atoms with E-state index >= 15 is 0 Å². The molecule has 82 valence electrons. The first-order valence-corrected chi connectivity index (χ1v) is 5.30. The smallest absolute Gasteiger partial charge is 0.253 e. The lowest BCUT2D eigenvalue weighted by molar-refractivity contribution is -0.120. The molecule has 15 heavy (non-hydrogen) atoms. The van der Waals surface area contributed by atoms with E-state index in [0.29, 0.717) is 17.3 Å². The molecule has 7 heteroatoms. The largest absolute Gasteiger partial charge is 0.383 e. The lowest BCUT2D eigenvalue weighted by Gasteiger charge is -2.00. The zero-order valence-electron chi connectivity index (χ0n) is 8.24. The number of aromatic nitrogens is 2. The van der Waals surface area contributed by atoms with Crippen molar-refractivity contribution in [2.24, 2.45) is 0 Å². The number of nitrogens with two attached hydrogens (primary N) is 1. The fourth-order valence-corrected chi connectivity index (χ4v) is 1.71. The van der Waals surface area contributed by atoms with Gasteiger partial charge in [-0.15, -0.1) is 0 Å². The normalized spacial score (nSPS) is 9.93. The number of nitrogens with zero attached hydrogens (tertiary/aromatic N) is 1. The minimum atomic E-state index is -0.287. The second-order valence-electron chi connectivity index (χ2n) is 2.75. The van der Waals surface area contributed by atoms with Gasteiger partial charge in [0.25, 0.3) is 5.56 Å². The van der Waals surface area contributed by atoms with Gasteiger partial charge in [-0.05, 0) is 0 Å². The van der Waals surface area contributed by atoms with Crippen LogP contribution in [0.15, 0.2) is 16.0 Å². The van der Waals surface area contributed by atoms with Gasteiger partial charge in [0, 0.05) is 25.3 Å². The molecular formula is C8H12N4O2S. The van der Waals surface area contributed by atoms with Crippen LogP contribution in [-0.4, -0.2) is 28.7 Å². The zero-order valence-corrected chi connectivity index (χ0v) is 9.06. The Labute approximate surface area is 90.7 Å². The number of carbonyl (C=O) groups excluding carboxylic acids is 1. The van der Waals surface area contributed by atoms with Gasteiger partial charge in [0.15, 0.2) is 5.16 Å². The summed E-state index contributed by atoms with van der Waals surface area (Å²) in [5.41, 5.74) is 5.11. The highest BCUT2D eigenvalue weighted by atomic mass is 32.2. The van der Waals surface area contributed by atoms with E-state index in [1.807, 2.05) is 0 Å². The minimum Gasteiger partial charge on any atom is -0.383 e. The Bertz CT molecular complexity index is 404. The van der Waals surface area contributed by atoms with Crippen LogP contribution in [0.2, 0.25) is 0 Å². The number of amides is 1. The van der Waals surface area contributed by atoms with Gasteiger partial charge in [-0.3, -0.25) is 9.59 Å². The highest BCUT2D eigenvalue weighted by molar-refractivity contribution is 7.99. The number of hydrogen-bond donors (Lipinski definition) is 3. The van der Waals surface area contributed by atoms with E-state index in [1.54, 1.807) is 7.05 Å². The summed E-state index contributed by atoms with van der Waals surface area (Å²) in [6.07, 6.45) is 0.375. The molecule has 0 aliphatic carbocycles. The third kappa shape index (κ3) is 4.03. The first-order valence-electron chi connectivity index (χ1n) is 4.32. The summed E-state index contributed by atoms with van der Waals surface area (Å²) in [6, 6.07) is 1.21. The number of nitrogen functional groups attached to an aromatic ring is 1. The number of aromatic amines is 1. The van der Waals surface area contributed by atoms with E-state index in [1.165, 1.54) is 17.8 Å². The van der Waals surface area contributed by atoms with Crippen LogP contribution in [0.25, 0.3) is 0 Å². The topological polar surface area (TPSA) is 101 Å². The molecule has 0 aliphatic rings. The summed E-state index contributed by atoms with van der Waals surface area (Å²) >= 11 is 1.28. The first kappa shape index (κ1) is 11.6. The van der Waals surface area contributed by atoms with E-state index < -0.39 is 0 Å². The van der Waals surface area contributed by atoms with Gasteiger partial charge in [-0.2, -0.15) is 0 Å². The fourth-order valence-electron chi connectivity index (χ4n) is 0.887. The van der Waals surface area contributed by atoms with Crippen molar-refractivity contribution >= 4 is 23.5 Å². The molecule has 1 amide bonds. The van der Waals surface area contributed by atoms with Crippen LogP contribution in [-0.2, 0) is 4.79 Å². The molecule has 0 saturated heterocycles. The van der Waals surface area contributed by atoms with Gasteiger partial charge in [0.2, 0.25) is 5.91 Å². The van der Waals surface area contributed by atoms with Crippen LogP contribution in [0, 0.1) is 0 Å². The molecule has 0 spiro atoms. The summed E-state index contributed by atoms with van der Waals surface area (Å²) in [4.78, 5) is 28.3. The Morgan fingerprint density at radius 1 is 1.73 bits per heavy atom. The molecule has 0 radical (unpaired) electrons. The maximum atomic E-state index is 11.0. The van der Waals surface area contributed by atoms with E-state index in [4.69, 9.17) is 5.73 Å². The molecule has 0 aromatic carbocycles. The Balaban J connectivity index is 2.51. The quantitative estimate of drug-likeness (QED) is 0.480. The summed E-state index contributed by atoms with van der Waals surface area (Å²) in [6.45, 7) is 0. The van der Waals surface area contributed by atoms with Crippen LogP contribution < -0.4 is 16.6 Å². The molecule has 0 atom stereocenters. The predicted octanol–water partition coefficient (Wildman–Crippen LogP) is -0.420. The lowest BCUT2D eigenvalue weighted by Crippen LogP contribution is -2.18. The van der Waals surface area contributed by atoms with Crippen LogP contribution >= 0.6 is 11.8 Å². The minimum absolute atomic E-state index is 0.0475. The Kier molecular flexibility index (Phi) is 4.17. The summed E-state index contributed by atoms with van der Waals surface area (Å²) in [5, 5.41) is 2.94. The number of rotatable bonds is 4. The molecule has 1 heterocycles. The van der Waals surface area contributed by atoms with E-state index in [0.717, 1.165) is 0 Å². The molecule has 0 aliphatic heterocycles. The fraction of sp³-hybridized carbons (Fsp3) is 0.375. The average molecular weight is 228 g/mol. The van der Waals surface area contributed by atoms with Gasteiger partial charge >= 0.3 is 0 Å². The molecule has 6 nitrogen and oxygen atoms in total. The average Bonchev–Trinajstić information content (AvgIpc) is 2.16. The monoisotopic (exact) mass is 228 g/mol. The molecule has 1 rings (SSSR count). The highest BCUT2D eigenvalue weighted by Crippen LogP contribution is 2.12. The van der Waals surface area contributed by atoms with Gasteiger partial charge in [0.05, 0.1) is 0 Å². The molecule has 0 unspecified atom stereocenters. The van der Waals surface area contributed by atoms with Crippen molar-refractivity contribution < 1.29 is 4.79 Å². The van der Waals surface area contributed by atoms with E-state index in [9.17, 15) is 9.59 Å². The Morgan fingerprint density at radius 2 is 2.47 bits per heavy atom. The summed E-state index contributed by atoms with van der Waals surface area (Å²) in [5.74, 6) is 0.682. The number of hydrogen-bond acceptors (Lipinski definition) is 5. The van der Waals surface area contributed by atoms with Gasteiger partial charge in [-0.1, -0.05) is 11.8 Å². The predicted molar refractivity (Wildman–Crippen MR) is 58.7 cm³/mol. The Morgan fingerprint density at radius 3 is 3.07 bits per heavy atom. The highest BCUT2D eigenvalue weighted by Gasteiger charge is 2.02. The zero-order chi connectivity index (χ0) is 11.3. The number of thioether (sulfide) groups is 1. The Hall–Kier alpha value is -1.50. The summed E-state index contributed by atoms with van der Waals surface area (Å²) < 4.78 is 0. The number of anilines is 1. The third-order valence-electron chi connectivity index (χ3n) is 1.59. The van der Waals surface area contributed by atoms with Crippen LogP contribution in [0.5, 0.6) is 0 Å². The second kappa shape index (κ2) is 5.40. The van der Waals surface area contributed by atoms with Crippen molar-refractivity contribution in [1.29, 1.82) is 0 Å². The number of H-pyrrole nitrogens is 1. The van der Waals surface area contributed by atoms with Crippen molar-refractivity contribution in [2.45, 2.75) is 11.6 Å². The van der Waals surface area contributed by atoms with Crippen LogP contribution in [0.4, 0.5) is 5.82 Å². The molecule has 1 aromatic rings. The lowest BCUT2D eigenvalue weighted by atomic mass is 10.5. The van der Waals surface area contributed by atoms with Crippen LogP contribution in [0.3, 0.4) is 0 Å². The molecule has 4 N–H and O–H groups in total. The van der Waals surface area contributed by atoms with Gasteiger partial charge in [0.1, 0.15) is 5.82 Å². The third-order valence-corrected chi connectivity index (χ3v) is 2.46. The van der Waals surface area contributed by atoms with Crippen molar-refractivity contribution in [3.63, 3.8) is 0 Å². The SMILES string of the molecule is CNC(=O)CCSc1nc(N)cc(=O)[nH]1. The standard InChI is InChI=1S/C8H12N4O2S/c1-10-6(13)2-3-15-8-11-5(9)4-7(14)12-8/h4H,2-3H2,1H3,(H,10,13)(H3,9,11,12,14). The van der Waals surface area contributed by atoms with E-state index in [-0.39, 0.29) is 17.3 Å². The first-order chi connectivity index (χ1) is 7.11. The number of carbonyl (C=O) groups is 1. The molecule has 0 saturated carbocycles. The van der Waals surface area contributed by atoms with Gasteiger partial charge in [-0.25, -0.2) is 4.98 Å². The van der Waals surface area contributed by atoms with Crippen molar-refractivity contribution in [2.75, 3.05) is 18.5 Å². The maximum absolute atomic E-state index is 11.0. The van der Waals surface area contributed by atoms with Crippen molar-refractivity contribution in [1.82, 2.24) is 15.3 Å².